The Hall–Kier alpha value is -3.49. The standard InChI is InChI=1S/C29H32BrN5O2/c1-18(2)26(33-28(37)22-12-10-19(3)14-23(22)34-29(4,31)17-36)27-32-24-15-21(30)11-13-25(24)35(27)16-20-8-6-5-7-9-20/h5-15,17-18,26,34H,16,31H2,1-4H3,(H,33,37)/t26?,29-/m0/s1. The highest BCUT2D eigenvalue weighted by Crippen LogP contribution is 2.30. The Morgan fingerprint density at radius 1 is 1.14 bits per heavy atom. The molecule has 4 aromatic rings. The number of nitrogens with zero attached hydrogens (tertiary/aromatic N) is 2. The molecule has 7 nitrogen and oxygen atoms in total. The van der Waals surface area contributed by atoms with E-state index in [1.165, 1.54) is 0 Å². The van der Waals surface area contributed by atoms with Gasteiger partial charge in [-0.2, -0.15) is 0 Å². The van der Waals surface area contributed by atoms with Crippen LogP contribution in [0.4, 0.5) is 5.69 Å². The average molecular weight is 563 g/mol. The van der Waals surface area contributed by atoms with Crippen LogP contribution in [0.15, 0.2) is 71.2 Å². The molecule has 1 aromatic heterocycles. The van der Waals surface area contributed by atoms with Crippen molar-refractivity contribution in [2.24, 2.45) is 11.7 Å². The van der Waals surface area contributed by atoms with Crippen LogP contribution in [0.5, 0.6) is 0 Å². The predicted molar refractivity (Wildman–Crippen MR) is 151 cm³/mol. The molecule has 3 aromatic carbocycles. The van der Waals surface area contributed by atoms with E-state index in [4.69, 9.17) is 10.7 Å². The van der Waals surface area contributed by atoms with Gasteiger partial charge < -0.3 is 20.9 Å². The number of aldehydes is 1. The van der Waals surface area contributed by atoms with Gasteiger partial charge in [-0.1, -0.05) is 66.2 Å². The molecule has 1 unspecified atom stereocenters. The molecule has 0 saturated heterocycles. The number of halogens is 1. The van der Waals surface area contributed by atoms with Gasteiger partial charge in [0.1, 0.15) is 11.5 Å². The molecule has 0 spiro atoms. The van der Waals surface area contributed by atoms with Gasteiger partial charge >= 0.3 is 0 Å². The molecule has 0 saturated carbocycles. The minimum atomic E-state index is -1.31. The largest absolute Gasteiger partial charge is 0.361 e. The number of carbonyl (C=O) groups excluding carboxylic acids is 2. The van der Waals surface area contributed by atoms with Gasteiger partial charge in [0.15, 0.2) is 6.29 Å². The fourth-order valence-electron chi connectivity index (χ4n) is 4.32. The van der Waals surface area contributed by atoms with Crippen molar-refractivity contribution < 1.29 is 9.59 Å². The topological polar surface area (TPSA) is 102 Å². The Labute approximate surface area is 225 Å². The van der Waals surface area contributed by atoms with Crippen LogP contribution in [0, 0.1) is 12.8 Å². The highest BCUT2D eigenvalue weighted by atomic mass is 79.9. The van der Waals surface area contributed by atoms with Crippen molar-refractivity contribution in [1.82, 2.24) is 14.9 Å². The first-order chi connectivity index (χ1) is 17.6. The second-order valence-corrected chi connectivity index (χ2v) is 10.9. The van der Waals surface area contributed by atoms with Crippen molar-refractivity contribution in [2.45, 2.75) is 45.9 Å². The molecule has 192 valence electrons. The number of benzene rings is 3. The maximum Gasteiger partial charge on any atom is 0.253 e. The molecule has 37 heavy (non-hydrogen) atoms. The highest BCUT2D eigenvalue weighted by molar-refractivity contribution is 9.10. The Morgan fingerprint density at radius 3 is 2.54 bits per heavy atom. The molecule has 4 N–H and O–H groups in total. The minimum absolute atomic E-state index is 0.0512. The van der Waals surface area contributed by atoms with Gasteiger partial charge in [0.2, 0.25) is 0 Å². The fraction of sp³-hybridized carbons (Fsp3) is 0.276. The maximum atomic E-state index is 13.7. The van der Waals surface area contributed by atoms with Gasteiger partial charge in [-0.3, -0.25) is 9.59 Å². The van der Waals surface area contributed by atoms with Crippen molar-refractivity contribution in [3.63, 3.8) is 0 Å². The van der Waals surface area contributed by atoms with Crippen molar-refractivity contribution in [3.8, 4) is 0 Å². The summed E-state index contributed by atoms with van der Waals surface area (Å²) in [7, 11) is 0. The van der Waals surface area contributed by atoms with Gasteiger partial charge in [-0.05, 0) is 61.2 Å². The molecule has 0 radical (unpaired) electrons. The number of nitrogens with two attached hydrogens (primary N) is 1. The first-order valence-electron chi connectivity index (χ1n) is 12.2. The Morgan fingerprint density at radius 2 is 1.86 bits per heavy atom. The smallest absolute Gasteiger partial charge is 0.253 e. The number of fused-ring (bicyclic) bond motifs is 1. The van der Waals surface area contributed by atoms with Crippen LogP contribution in [0.1, 0.15) is 54.1 Å². The molecule has 1 heterocycles. The molecular formula is C29H32BrN5O2. The molecule has 0 fully saturated rings. The molecule has 0 aliphatic rings. The fourth-order valence-corrected chi connectivity index (χ4v) is 4.67. The Balaban J connectivity index is 1.75. The van der Waals surface area contributed by atoms with Crippen LogP contribution < -0.4 is 16.4 Å². The van der Waals surface area contributed by atoms with Crippen LogP contribution in [0.2, 0.25) is 0 Å². The Kier molecular flexibility index (Phi) is 7.80. The number of rotatable bonds is 9. The molecular weight excluding hydrogens is 530 g/mol. The average Bonchev–Trinajstić information content (AvgIpc) is 3.19. The van der Waals surface area contributed by atoms with Gasteiger partial charge in [0.05, 0.1) is 22.6 Å². The SMILES string of the molecule is Cc1ccc(C(=O)NC(c2nc3cc(Br)ccc3n2Cc2ccccc2)C(C)C)c(N[C@](C)(N)C=O)c1. The number of hydrogen-bond acceptors (Lipinski definition) is 5. The lowest BCUT2D eigenvalue weighted by Crippen LogP contribution is -2.46. The van der Waals surface area contributed by atoms with Crippen molar-refractivity contribution in [2.75, 3.05) is 5.32 Å². The summed E-state index contributed by atoms with van der Waals surface area (Å²) in [6, 6.07) is 21.3. The number of hydrogen-bond donors (Lipinski definition) is 3. The summed E-state index contributed by atoms with van der Waals surface area (Å²) in [5, 5.41) is 6.21. The number of carbonyl (C=O) groups is 2. The zero-order valence-corrected chi connectivity index (χ0v) is 23.0. The van der Waals surface area contributed by atoms with Gasteiger partial charge in [-0.25, -0.2) is 4.98 Å². The number of nitrogens with one attached hydrogen (secondary N) is 2. The van der Waals surface area contributed by atoms with Crippen LogP contribution >= 0.6 is 15.9 Å². The number of aryl methyl sites for hydroxylation is 1. The van der Waals surface area contributed by atoms with E-state index in [1.54, 1.807) is 13.0 Å². The molecule has 4 rings (SSSR count). The summed E-state index contributed by atoms with van der Waals surface area (Å²) >= 11 is 3.55. The van der Waals surface area contributed by atoms with Crippen LogP contribution in [0.3, 0.4) is 0 Å². The van der Waals surface area contributed by atoms with Gasteiger partial charge in [-0.15, -0.1) is 0 Å². The quantitative estimate of drug-likeness (QED) is 0.183. The second-order valence-electron chi connectivity index (χ2n) is 9.94. The number of imidazole rings is 1. The molecule has 0 bridgehead atoms. The zero-order chi connectivity index (χ0) is 26.7. The lowest BCUT2D eigenvalue weighted by atomic mass is 10.0. The normalized spacial score (nSPS) is 13.8. The van der Waals surface area contributed by atoms with E-state index >= 15 is 0 Å². The number of aromatic nitrogens is 2. The van der Waals surface area contributed by atoms with Gasteiger partial charge in [0, 0.05) is 16.7 Å². The lowest BCUT2D eigenvalue weighted by molar-refractivity contribution is -0.111. The van der Waals surface area contributed by atoms with E-state index in [-0.39, 0.29) is 17.9 Å². The van der Waals surface area contributed by atoms with E-state index in [0.29, 0.717) is 24.1 Å². The van der Waals surface area contributed by atoms with Crippen molar-refractivity contribution >= 4 is 44.8 Å². The van der Waals surface area contributed by atoms with Crippen LogP contribution in [0.25, 0.3) is 11.0 Å². The summed E-state index contributed by atoms with van der Waals surface area (Å²) in [4.78, 5) is 30.1. The highest BCUT2D eigenvalue weighted by Gasteiger charge is 2.27. The lowest BCUT2D eigenvalue weighted by Gasteiger charge is -2.26. The maximum absolute atomic E-state index is 13.7. The van der Waals surface area contributed by atoms with Crippen LogP contribution in [-0.4, -0.2) is 27.4 Å². The molecule has 2 atom stereocenters. The zero-order valence-electron chi connectivity index (χ0n) is 21.5. The molecule has 8 heteroatoms. The summed E-state index contributed by atoms with van der Waals surface area (Å²) in [6.45, 7) is 8.22. The first kappa shape index (κ1) is 26.6. The van der Waals surface area contributed by atoms with Crippen LogP contribution in [-0.2, 0) is 11.3 Å². The third-order valence-electron chi connectivity index (χ3n) is 6.22. The van der Waals surface area contributed by atoms with Crippen molar-refractivity contribution in [1.29, 1.82) is 0 Å². The summed E-state index contributed by atoms with van der Waals surface area (Å²) in [6.07, 6.45) is 0.623. The van der Waals surface area contributed by atoms with E-state index in [0.717, 1.165) is 32.5 Å². The molecule has 0 aliphatic carbocycles. The van der Waals surface area contributed by atoms with E-state index in [2.05, 4.69) is 57.1 Å². The van der Waals surface area contributed by atoms with E-state index in [9.17, 15) is 9.59 Å². The summed E-state index contributed by atoms with van der Waals surface area (Å²) in [5.74, 6) is 0.552. The Bertz CT molecular complexity index is 1430. The second kappa shape index (κ2) is 10.9. The first-order valence-corrected chi connectivity index (χ1v) is 13.0. The molecule has 1 amide bonds. The summed E-state index contributed by atoms with van der Waals surface area (Å²) < 4.78 is 3.11. The number of anilines is 1. The third-order valence-corrected chi connectivity index (χ3v) is 6.72. The van der Waals surface area contributed by atoms with E-state index < -0.39 is 5.66 Å². The van der Waals surface area contributed by atoms with Gasteiger partial charge in [0.25, 0.3) is 5.91 Å². The predicted octanol–water partition coefficient (Wildman–Crippen LogP) is 5.57. The summed E-state index contributed by atoms with van der Waals surface area (Å²) in [5.41, 5.74) is 9.55. The molecule has 0 aliphatic heterocycles. The van der Waals surface area contributed by atoms with Crippen molar-refractivity contribution in [3.05, 3.63) is 93.7 Å². The third kappa shape index (κ3) is 6.09. The minimum Gasteiger partial charge on any atom is -0.361 e. The van der Waals surface area contributed by atoms with E-state index in [1.807, 2.05) is 55.5 Å². The number of amides is 1. The monoisotopic (exact) mass is 561 g/mol.